The second-order valence-corrected chi connectivity index (χ2v) is 16.2. The summed E-state index contributed by atoms with van der Waals surface area (Å²) in [6.07, 6.45) is 13.2. The molecule has 0 fully saturated rings. The van der Waals surface area contributed by atoms with Crippen LogP contribution in [-0.2, 0) is 6.54 Å². The predicted molar refractivity (Wildman–Crippen MR) is 265 cm³/mol. The molecule has 64 heavy (non-hydrogen) atoms. The van der Waals surface area contributed by atoms with Crippen molar-refractivity contribution in [2.24, 2.45) is 15.7 Å². The molecule has 3 heterocycles. The Morgan fingerprint density at radius 3 is 2.28 bits per heavy atom. The number of aliphatic imine (C=N–C) groups is 2. The van der Waals surface area contributed by atoms with Crippen molar-refractivity contribution in [2.45, 2.75) is 25.8 Å². The molecule has 0 bridgehead atoms. The van der Waals surface area contributed by atoms with Crippen LogP contribution < -0.4 is 27.0 Å². The van der Waals surface area contributed by atoms with E-state index in [1.54, 1.807) is 0 Å². The van der Waals surface area contributed by atoms with Crippen LogP contribution in [0.5, 0.6) is 0 Å². The predicted octanol–water partition coefficient (Wildman–Crippen LogP) is 10.8. The van der Waals surface area contributed by atoms with Gasteiger partial charge in [-0.15, -0.1) is 0 Å². The maximum atomic E-state index is 6.80. The molecule has 0 amide bonds. The molecule has 1 aliphatic rings. The Labute approximate surface area is 370 Å². The van der Waals surface area contributed by atoms with E-state index >= 15 is 0 Å². The maximum Gasteiger partial charge on any atom is 0.157 e. The van der Waals surface area contributed by atoms with Gasteiger partial charge < -0.3 is 19.1 Å². The molecule has 308 valence electrons. The molecule has 2 N–H and O–H groups in total. The highest BCUT2D eigenvalue weighted by molar-refractivity contribution is 6.16. The monoisotopic (exact) mass is 828 g/mol. The van der Waals surface area contributed by atoms with Gasteiger partial charge in [0.05, 0.1) is 17.6 Å². The number of amidine groups is 2. The summed E-state index contributed by atoms with van der Waals surface area (Å²) in [5.41, 5.74) is 19.0. The van der Waals surface area contributed by atoms with Gasteiger partial charge in [-0.1, -0.05) is 152 Å². The number of para-hydroxylation sites is 3. The lowest BCUT2D eigenvalue weighted by atomic mass is 9.91. The molecule has 10 aromatic rings. The van der Waals surface area contributed by atoms with Gasteiger partial charge in [0.2, 0.25) is 0 Å². The molecule has 1 aliphatic carbocycles. The third-order valence-electron chi connectivity index (χ3n) is 12.2. The molecule has 1 atom stereocenters. The Morgan fingerprint density at radius 2 is 1.45 bits per heavy atom. The van der Waals surface area contributed by atoms with Crippen LogP contribution in [0.25, 0.3) is 84.9 Å². The van der Waals surface area contributed by atoms with Gasteiger partial charge in [0, 0.05) is 54.7 Å². The first kappa shape index (κ1) is 38.7. The minimum atomic E-state index is 0.115. The zero-order chi connectivity index (χ0) is 43.0. The normalized spacial score (nSPS) is 15.1. The van der Waals surface area contributed by atoms with Crippen LogP contribution in [0.4, 0.5) is 0 Å². The number of furan rings is 2. The van der Waals surface area contributed by atoms with E-state index in [0.717, 1.165) is 88.6 Å². The first-order chi connectivity index (χ1) is 31.6. The van der Waals surface area contributed by atoms with Crippen LogP contribution >= 0.6 is 0 Å². The number of allylic oxidation sites excluding steroid dienone is 2. The van der Waals surface area contributed by atoms with Crippen LogP contribution in [0.3, 0.4) is 0 Å². The van der Waals surface area contributed by atoms with E-state index in [4.69, 9.17) is 24.6 Å². The summed E-state index contributed by atoms with van der Waals surface area (Å²) in [6.45, 7) is 2.49. The van der Waals surface area contributed by atoms with Crippen LogP contribution in [0.15, 0.2) is 201 Å². The lowest BCUT2D eigenvalue weighted by Gasteiger charge is -2.14. The Hall–Kier alpha value is -8.22. The average Bonchev–Trinajstić information content (AvgIpc) is 4.01. The molecule has 0 aliphatic heterocycles. The van der Waals surface area contributed by atoms with Crippen molar-refractivity contribution in [3.63, 3.8) is 0 Å². The van der Waals surface area contributed by atoms with Crippen molar-refractivity contribution < 1.29 is 8.83 Å². The van der Waals surface area contributed by atoms with E-state index in [1.807, 2.05) is 91.9 Å². The Kier molecular flexibility index (Phi) is 10.0. The van der Waals surface area contributed by atoms with Gasteiger partial charge in [0.15, 0.2) is 5.84 Å². The minimum Gasteiger partial charge on any atom is -0.456 e. The van der Waals surface area contributed by atoms with Gasteiger partial charge in [-0.05, 0) is 84.7 Å². The molecule has 6 heteroatoms. The van der Waals surface area contributed by atoms with E-state index in [1.165, 1.54) is 16.3 Å². The van der Waals surface area contributed by atoms with Crippen molar-refractivity contribution >= 4 is 79.7 Å². The van der Waals surface area contributed by atoms with Crippen LogP contribution in [0.2, 0.25) is 0 Å². The number of fused-ring (bicyclic) bond motifs is 7. The Balaban J connectivity index is 0.973. The number of benzene rings is 7. The van der Waals surface area contributed by atoms with Crippen molar-refractivity contribution in [3.8, 4) is 16.8 Å². The number of hydrogen-bond acceptors (Lipinski definition) is 3. The maximum absolute atomic E-state index is 6.80. The second kappa shape index (κ2) is 16.6. The van der Waals surface area contributed by atoms with E-state index in [9.17, 15) is 0 Å². The summed E-state index contributed by atoms with van der Waals surface area (Å²) in [5, 5.41) is 6.59. The van der Waals surface area contributed by atoms with E-state index in [0.29, 0.717) is 18.2 Å². The van der Waals surface area contributed by atoms with Gasteiger partial charge in [-0.3, -0.25) is 4.99 Å². The molecule has 3 aromatic heterocycles. The number of nitrogens with two attached hydrogens (primary N) is 1. The highest BCUT2D eigenvalue weighted by atomic mass is 16.3. The molecule has 7 aromatic carbocycles. The number of aromatic nitrogens is 1. The van der Waals surface area contributed by atoms with Gasteiger partial charge in [0.25, 0.3) is 0 Å². The van der Waals surface area contributed by atoms with Gasteiger partial charge >= 0.3 is 0 Å². The molecule has 1 unspecified atom stereocenters. The van der Waals surface area contributed by atoms with Crippen LogP contribution in [0.1, 0.15) is 36.0 Å². The fourth-order valence-electron chi connectivity index (χ4n) is 9.10. The standard InChI is InChI=1S/C58H44N4O2/c1-2-3-24-54-50(36-56(59)61-58(40-17-8-5-9-18-40)60-37-38-15-6-4-7-16-38)49-35-42(29-33-55(49)63-54)41-28-32-52-48(34-41)45-19-10-12-23-51(45)62(52)43-30-26-39(27-31-43)44-21-14-22-47-46-20-11-13-25-53(46)64-57(44)47/h2-28,30-36,42H,29,37H2,1H3,(H2,59,60,61)/b3-2-,50-36?,54-24+. The zero-order valence-corrected chi connectivity index (χ0v) is 35.4. The van der Waals surface area contributed by atoms with Crippen LogP contribution in [0, 0.1) is 0 Å². The highest BCUT2D eigenvalue weighted by Crippen LogP contribution is 2.38. The lowest BCUT2D eigenvalue weighted by molar-refractivity contribution is 0.495. The Bertz CT molecular complexity index is 3740. The third-order valence-corrected chi connectivity index (χ3v) is 12.2. The van der Waals surface area contributed by atoms with Crippen molar-refractivity contribution in [3.05, 3.63) is 220 Å². The molecule has 0 saturated carbocycles. The highest BCUT2D eigenvalue weighted by Gasteiger charge is 2.19. The smallest absolute Gasteiger partial charge is 0.157 e. The van der Waals surface area contributed by atoms with Crippen molar-refractivity contribution in [2.75, 3.05) is 0 Å². The lowest BCUT2D eigenvalue weighted by Crippen LogP contribution is -2.40. The molecule has 6 nitrogen and oxygen atoms in total. The van der Waals surface area contributed by atoms with Gasteiger partial charge in [-0.25, -0.2) is 4.99 Å². The van der Waals surface area contributed by atoms with E-state index < -0.39 is 0 Å². The topological polar surface area (TPSA) is 82.0 Å². The first-order valence-corrected chi connectivity index (χ1v) is 21.8. The summed E-state index contributed by atoms with van der Waals surface area (Å²) < 4.78 is 15.3. The number of nitrogens with zero attached hydrogens (tertiary/aromatic N) is 3. The molecular weight excluding hydrogens is 785 g/mol. The quantitative estimate of drug-likeness (QED) is 0.122. The summed E-state index contributed by atoms with van der Waals surface area (Å²) in [7, 11) is 0. The molecule has 0 spiro atoms. The summed E-state index contributed by atoms with van der Waals surface area (Å²) >= 11 is 0. The summed E-state index contributed by atoms with van der Waals surface area (Å²) in [4.78, 5) is 9.81. The fraction of sp³-hybridized carbons (Fsp3) is 0.0690. The fourth-order valence-corrected chi connectivity index (χ4v) is 9.10. The molecule has 0 saturated heterocycles. The molecule has 0 radical (unpaired) electrons. The SMILES string of the molecule is C/C=C\C=c1\oc2c(c1=CC(N)=NC(=NCc1ccccc1)c1ccccc1)=CC(c1ccc3c(c1)c1ccccc1n3-c1ccc(-c3cccc4c3oc3ccccc34)cc1)CC=2. The van der Waals surface area contributed by atoms with Gasteiger partial charge in [0.1, 0.15) is 27.8 Å². The number of hydrogen-bond donors (Lipinski definition) is 1. The van der Waals surface area contributed by atoms with Crippen molar-refractivity contribution in [1.82, 2.24) is 4.57 Å². The zero-order valence-electron chi connectivity index (χ0n) is 35.4. The van der Waals surface area contributed by atoms with Crippen molar-refractivity contribution in [1.29, 1.82) is 0 Å². The summed E-state index contributed by atoms with van der Waals surface area (Å²) in [5.74, 6) is 1.04. The Morgan fingerprint density at radius 1 is 0.719 bits per heavy atom. The summed E-state index contributed by atoms with van der Waals surface area (Å²) in [6, 6.07) is 59.2. The average molecular weight is 829 g/mol. The number of rotatable bonds is 8. The first-order valence-electron chi connectivity index (χ1n) is 21.8. The molecular formula is C58H44N4O2. The van der Waals surface area contributed by atoms with E-state index in [-0.39, 0.29) is 5.92 Å². The second-order valence-electron chi connectivity index (χ2n) is 16.2. The largest absolute Gasteiger partial charge is 0.456 e. The molecule has 11 rings (SSSR count). The minimum absolute atomic E-state index is 0.115. The van der Waals surface area contributed by atoms with E-state index in [2.05, 4.69) is 126 Å². The van der Waals surface area contributed by atoms with Crippen LogP contribution in [-0.4, -0.2) is 16.2 Å². The van der Waals surface area contributed by atoms with Gasteiger partial charge in [-0.2, -0.15) is 0 Å². The third kappa shape index (κ3) is 7.15.